The summed E-state index contributed by atoms with van der Waals surface area (Å²) < 4.78 is 15.2. The molecule has 0 saturated carbocycles. The van der Waals surface area contributed by atoms with Crippen molar-refractivity contribution >= 4 is 7.32 Å². The molecular weight excluding hydrogens is 145 g/mol. The van der Waals surface area contributed by atoms with Crippen LogP contribution in [0.4, 0.5) is 0 Å². The summed E-state index contributed by atoms with van der Waals surface area (Å²) in [6, 6.07) is 0. The van der Waals surface area contributed by atoms with Gasteiger partial charge in [-0.3, -0.25) is 0 Å². The second-order valence-corrected chi connectivity index (χ2v) is 1.65. The minimum atomic E-state index is -0.472. The van der Waals surface area contributed by atoms with Crippen LogP contribution in [-0.4, -0.2) is 27.1 Å². The Morgan fingerprint density at radius 3 is 1.27 bits per heavy atom. The Kier molecular flexibility index (Phi) is 12.1. The molecule has 0 fully saturated rings. The molecular formula is C6H18BNO3. The molecule has 0 rings (SSSR count). The molecule has 0 amide bonds. The van der Waals surface area contributed by atoms with Gasteiger partial charge in [-0.15, -0.1) is 0 Å². The Bertz CT molecular complexity index is 60.6. The van der Waals surface area contributed by atoms with Gasteiger partial charge in [-0.1, -0.05) is 0 Å². The molecule has 0 aromatic heterocycles. The van der Waals surface area contributed by atoms with Crippen molar-refractivity contribution in [1.29, 1.82) is 0 Å². The molecule has 0 bridgehead atoms. The Morgan fingerprint density at radius 2 is 1.09 bits per heavy atom. The first-order valence-electron chi connectivity index (χ1n) is 3.69. The van der Waals surface area contributed by atoms with Crippen LogP contribution in [0.1, 0.15) is 20.8 Å². The van der Waals surface area contributed by atoms with Crippen LogP contribution in [0.3, 0.4) is 0 Å². The average molecular weight is 163 g/mol. The lowest BCUT2D eigenvalue weighted by Crippen LogP contribution is -2.27. The van der Waals surface area contributed by atoms with Crippen LogP contribution < -0.4 is 6.15 Å². The number of hydrogen-bond donors (Lipinski definition) is 1. The highest BCUT2D eigenvalue weighted by molar-refractivity contribution is 6.36. The van der Waals surface area contributed by atoms with Crippen molar-refractivity contribution in [1.82, 2.24) is 6.15 Å². The Balaban J connectivity index is 0. The fourth-order valence-corrected chi connectivity index (χ4v) is 0.553. The van der Waals surface area contributed by atoms with Crippen LogP contribution in [0, 0.1) is 0 Å². The normalized spacial score (nSPS) is 9.00. The summed E-state index contributed by atoms with van der Waals surface area (Å²) in [5.74, 6) is 0. The van der Waals surface area contributed by atoms with Crippen molar-refractivity contribution in [2.45, 2.75) is 20.8 Å². The molecule has 11 heavy (non-hydrogen) atoms. The van der Waals surface area contributed by atoms with E-state index in [1.165, 1.54) is 0 Å². The van der Waals surface area contributed by atoms with Gasteiger partial charge >= 0.3 is 7.32 Å². The molecule has 0 heterocycles. The van der Waals surface area contributed by atoms with Crippen molar-refractivity contribution in [3.05, 3.63) is 0 Å². The molecule has 5 heteroatoms. The van der Waals surface area contributed by atoms with Gasteiger partial charge in [-0.25, -0.2) is 0 Å². The largest absolute Gasteiger partial charge is 0.639 e. The zero-order valence-electron chi connectivity index (χ0n) is 7.63. The van der Waals surface area contributed by atoms with Crippen molar-refractivity contribution in [3.63, 3.8) is 0 Å². The van der Waals surface area contributed by atoms with Gasteiger partial charge in [0.05, 0.1) is 0 Å². The first-order chi connectivity index (χ1) is 4.85. The topological polar surface area (TPSA) is 62.7 Å². The zero-order chi connectivity index (χ0) is 7.82. The monoisotopic (exact) mass is 163 g/mol. The van der Waals surface area contributed by atoms with E-state index in [0.29, 0.717) is 19.8 Å². The fourth-order valence-electron chi connectivity index (χ4n) is 0.553. The first kappa shape index (κ1) is 13.5. The van der Waals surface area contributed by atoms with Crippen molar-refractivity contribution in [2.75, 3.05) is 19.8 Å². The van der Waals surface area contributed by atoms with E-state index in [0.717, 1.165) is 0 Å². The third-order valence-electron chi connectivity index (χ3n) is 0.908. The molecule has 0 radical (unpaired) electrons. The van der Waals surface area contributed by atoms with Crippen LogP contribution in [0.5, 0.6) is 0 Å². The maximum absolute atomic E-state index is 5.08. The molecule has 0 aliphatic heterocycles. The molecule has 0 aliphatic rings. The van der Waals surface area contributed by atoms with Crippen molar-refractivity contribution in [2.24, 2.45) is 0 Å². The molecule has 0 saturated heterocycles. The quantitative estimate of drug-likeness (QED) is 0.598. The van der Waals surface area contributed by atoms with Gasteiger partial charge in [0.25, 0.3) is 0 Å². The van der Waals surface area contributed by atoms with Crippen LogP contribution in [-0.2, 0) is 14.0 Å². The van der Waals surface area contributed by atoms with Gasteiger partial charge in [0, 0.05) is 19.8 Å². The first-order valence-corrected chi connectivity index (χ1v) is 3.69. The summed E-state index contributed by atoms with van der Waals surface area (Å²) in [6.45, 7) is 7.57. The van der Waals surface area contributed by atoms with Crippen molar-refractivity contribution in [3.8, 4) is 0 Å². The second kappa shape index (κ2) is 9.90. The molecule has 4 nitrogen and oxygen atoms in total. The number of rotatable bonds is 6. The Hall–Kier alpha value is -0.0951. The van der Waals surface area contributed by atoms with Crippen molar-refractivity contribution < 1.29 is 14.0 Å². The molecule has 3 N–H and O–H groups in total. The lowest BCUT2D eigenvalue weighted by Gasteiger charge is -2.09. The zero-order valence-corrected chi connectivity index (χ0v) is 7.63. The molecule has 0 aromatic rings. The molecule has 68 valence electrons. The van der Waals surface area contributed by atoms with Gasteiger partial charge in [0.1, 0.15) is 0 Å². The highest BCUT2D eigenvalue weighted by atomic mass is 16.7. The maximum atomic E-state index is 5.08. The van der Waals surface area contributed by atoms with Gasteiger partial charge in [0.15, 0.2) is 0 Å². The molecule has 0 atom stereocenters. The maximum Gasteiger partial charge on any atom is 0.639 e. The summed E-state index contributed by atoms with van der Waals surface area (Å²) in [4.78, 5) is 0. The third-order valence-corrected chi connectivity index (χ3v) is 0.908. The summed E-state index contributed by atoms with van der Waals surface area (Å²) in [7, 11) is -0.472. The highest BCUT2D eigenvalue weighted by Crippen LogP contribution is 1.90. The van der Waals surface area contributed by atoms with Crippen LogP contribution in [0.15, 0.2) is 0 Å². The van der Waals surface area contributed by atoms with E-state index in [1.54, 1.807) is 0 Å². The minimum absolute atomic E-state index is 0. The summed E-state index contributed by atoms with van der Waals surface area (Å²) >= 11 is 0. The predicted molar refractivity (Wildman–Crippen MR) is 45.7 cm³/mol. The third kappa shape index (κ3) is 7.81. The average Bonchev–Trinajstić information content (AvgIpc) is 1.90. The lowest BCUT2D eigenvalue weighted by molar-refractivity contribution is 0.107. The molecule has 0 aliphatic carbocycles. The summed E-state index contributed by atoms with van der Waals surface area (Å²) in [6.07, 6.45) is 0. The fraction of sp³-hybridized carbons (Fsp3) is 1.00. The van der Waals surface area contributed by atoms with Crippen LogP contribution in [0.25, 0.3) is 0 Å². The summed E-state index contributed by atoms with van der Waals surface area (Å²) in [5.41, 5.74) is 0. The van der Waals surface area contributed by atoms with E-state index in [2.05, 4.69) is 0 Å². The number of hydrogen-bond acceptors (Lipinski definition) is 4. The predicted octanol–water partition coefficient (Wildman–Crippen LogP) is 1.24. The van der Waals surface area contributed by atoms with Crippen LogP contribution >= 0.6 is 0 Å². The Labute approximate surface area is 69.0 Å². The minimum Gasteiger partial charge on any atom is -0.386 e. The summed E-state index contributed by atoms with van der Waals surface area (Å²) in [5, 5.41) is 0. The van der Waals surface area contributed by atoms with Gasteiger partial charge < -0.3 is 20.1 Å². The van der Waals surface area contributed by atoms with E-state index >= 15 is 0 Å². The molecule has 0 aromatic carbocycles. The smallest absolute Gasteiger partial charge is 0.386 e. The van der Waals surface area contributed by atoms with Crippen LogP contribution in [0.2, 0.25) is 0 Å². The van der Waals surface area contributed by atoms with E-state index in [-0.39, 0.29) is 6.15 Å². The lowest BCUT2D eigenvalue weighted by atomic mass is 10.2. The highest BCUT2D eigenvalue weighted by Gasteiger charge is 2.17. The van der Waals surface area contributed by atoms with E-state index in [4.69, 9.17) is 14.0 Å². The second-order valence-electron chi connectivity index (χ2n) is 1.65. The standard InChI is InChI=1S/C6H15BO3.H3N/c1-4-8-7(9-5-2)10-6-3;/h4-6H2,1-3H3;1H3. The van der Waals surface area contributed by atoms with E-state index in [9.17, 15) is 0 Å². The molecule has 0 unspecified atom stereocenters. The van der Waals surface area contributed by atoms with Gasteiger partial charge in [-0.05, 0) is 20.8 Å². The SMILES string of the molecule is CCOB(OCC)OCC.N. The van der Waals surface area contributed by atoms with Gasteiger partial charge in [-0.2, -0.15) is 0 Å². The Morgan fingerprint density at radius 1 is 0.818 bits per heavy atom. The van der Waals surface area contributed by atoms with E-state index in [1.807, 2.05) is 20.8 Å². The molecule has 0 spiro atoms. The van der Waals surface area contributed by atoms with E-state index < -0.39 is 7.32 Å². The van der Waals surface area contributed by atoms with Gasteiger partial charge in [0.2, 0.25) is 0 Å².